The molecule has 0 fully saturated rings. The molecule has 0 bridgehead atoms. The van der Waals surface area contributed by atoms with Crippen molar-refractivity contribution in [2.75, 3.05) is 11.9 Å². The SMILES string of the molecule is Cn1ccc2c(NC(=O)CCCN3C(=O)c4cccc5cccc(c45)C3=O)cccc21. The summed E-state index contributed by atoms with van der Waals surface area (Å²) in [5, 5.41) is 5.52. The van der Waals surface area contributed by atoms with E-state index in [1.54, 1.807) is 12.1 Å². The number of carbonyl (C=O) groups is 3. The van der Waals surface area contributed by atoms with Crippen molar-refractivity contribution in [2.24, 2.45) is 7.05 Å². The molecule has 0 unspecified atom stereocenters. The molecule has 0 aliphatic carbocycles. The number of benzene rings is 3. The number of hydrogen-bond donors (Lipinski definition) is 1. The molecule has 6 heteroatoms. The Bertz CT molecular complexity index is 1320. The number of aryl methyl sites for hydroxylation is 1. The second kappa shape index (κ2) is 7.40. The van der Waals surface area contributed by atoms with E-state index in [1.165, 1.54) is 4.90 Å². The predicted octanol–water partition coefficient (Wildman–Crippen LogP) is 4.35. The van der Waals surface area contributed by atoms with Crippen molar-refractivity contribution in [3.63, 3.8) is 0 Å². The van der Waals surface area contributed by atoms with Crippen molar-refractivity contribution in [3.8, 4) is 0 Å². The topological polar surface area (TPSA) is 71.4 Å². The van der Waals surface area contributed by atoms with E-state index >= 15 is 0 Å². The quantitative estimate of drug-likeness (QED) is 0.497. The minimum absolute atomic E-state index is 0.143. The monoisotopic (exact) mass is 411 g/mol. The molecule has 2 heterocycles. The maximum absolute atomic E-state index is 12.9. The molecule has 0 radical (unpaired) electrons. The first kappa shape index (κ1) is 19.1. The van der Waals surface area contributed by atoms with E-state index in [2.05, 4.69) is 5.32 Å². The lowest BCUT2D eigenvalue weighted by molar-refractivity contribution is -0.116. The van der Waals surface area contributed by atoms with Crippen LogP contribution in [-0.4, -0.2) is 33.7 Å². The molecule has 1 aromatic heterocycles. The van der Waals surface area contributed by atoms with Gasteiger partial charge in [0, 0.05) is 53.6 Å². The fourth-order valence-electron chi connectivity index (χ4n) is 4.31. The van der Waals surface area contributed by atoms with Crippen LogP contribution in [-0.2, 0) is 11.8 Å². The molecule has 154 valence electrons. The van der Waals surface area contributed by atoms with Crippen molar-refractivity contribution >= 4 is 45.1 Å². The standard InChI is InChI=1S/C25H21N3O3/c1-27-15-13-17-20(10-4-11-21(17)27)26-22(29)12-5-14-28-24(30)18-8-2-6-16-7-3-9-19(23(16)18)25(28)31/h2-4,6-11,13,15H,5,12,14H2,1H3,(H,26,29). The molecule has 5 rings (SSSR count). The number of carbonyl (C=O) groups excluding carboxylic acids is 3. The molecular weight excluding hydrogens is 390 g/mol. The van der Waals surface area contributed by atoms with E-state index in [-0.39, 0.29) is 30.7 Å². The fourth-order valence-corrected chi connectivity index (χ4v) is 4.31. The van der Waals surface area contributed by atoms with Crippen molar-refractivity contribution in [2.45, 2.75) is 12.8 Å². The fraction of sp³-hybridized carbons (Fsp3) is 0.160. The molecule has 3 aromatic carbocycles. The molecule has 0 atom stereocenters. The van der Waals surface area contributed by atoms with Crippen LogP contribution < -0.4 is 5.32 Å². The van der Waals surface area contributed by atoms with Gasteiger partial charge in [-0.15, -0.1) is 0 Å². The van der Waals surface area contributed by atoms with Gasteiger partial charge in [-0.25, -0.2) is 0 Å². The lowest BCUT2D eigenvalue weighted by atomic mass is 9.94. The normalized spacial score (nSPS) is 13.3. The zero-order chi connectivity index (χ0) is 21.5. The summed E-state index contributed by atoms with van der Waals surface area (Å²) in [7, 11) is 1.96. The van der Waals surface area contributed by atoms with Crippen LogP contribution >= 0.6 is 0 Å². The van der Waals surface area contributed by atoms with Gasteiger partial charge < -0.3 is 9.88 Å². The van der Waals surface area contributed by atoms with Crippen LogP contribution in [0.5, 0.6) is 0 Å². The van der Waals surface area contributed by atoms with Gasteiger partial charge in [0.2, 0.25) is 5.91 Å². The second-order valence-electron chi connectivity index (χ2n) is 7.79. The Labute approximate surface area is 179 Å². The number of rotatable bonds is 5. The third kappa shape index (κ3) is 3.17. The van der Waals surface area contributed by atoms with E-state index < -0.39 is 0 Å². The zero-order valence-electron chi connectivity index (χ0n) is 17.1. The average Bonchev–Trinajstić information content (AvgIpc) is 3.16. The number of imide groups is 1. The van der Waals surface area contributed by atoms with E-state index in [0.717, 1.165) is 22.0 Å². The Morgan fingerprint density at radius 2 is 1.58 bits per heavy atom. The maximum Gasteiger partial charge on any atom is 0.261 e. The molecule has 1 N–H and O–H groups in total. The van der Waals surface area contributed by atoms with Crippen LogP contribution in [0.15, 0.2) is 66.9 Å². The van der Waals surface area contributed by atoms with Crippen molar-refractivity contribution in [1.82, 2.24) is 9.47 Å². The van der Waals surface area contributed by atoms with Gasteiger partial charge >= 0.3 is 0 Å². The summed E-state index contributed by atoms with van der Waals surface area (Å²) in [6, 6.07) is 18.7. The Hall–Kier alpha value is -3.93. The maximum atomic E-state index is 12.9. The van der Waals surface area contributed by atoms with Gasteiger partial charge in [-0.2, -0.15) is 0 Å². The van der Waals surface area contributed by atoms with Crippen LogP contribution in [0.3, 0.4) is 0 Å². The van der Waals surface area contributed by atoms with Crippen molar-refractivity contribution in [3.05, 3.63) is 78.0 Å². The molecule has 1 aliphatic rings. The summed E-state index contributed by atoms with van der Waals surface area (Å²) < 4.78 is 2.00. The van der Waals surface area contributed by atoms with E-state index in [1.807, 2.05) is 66.3 Å². The van der Waals surface area contributed by atoms with Gasteiger partial charge in [0.25, 0.3) is 11.8 Å². The lowest BCUT2D eigenvalue weighted by Gasteiger charge is -2.27. The largest absolute Gasteiger partial charge is 0.350 e. The van der Waals surface area contributed by atoms with E-state index in [0.29, 0.717) is 22.9 Å². The molecule has 6 nitrogen and oxygen atoms in total. The number of anilines is 1. The number of amides is 3. The summed E-state index contributed by atoms with van der Waals surface area (Å²) in [6.45, 7) is 0.200. The van der Waals surface area contributed by atoms with Gasteiger partial charge in [-0.05, 0) is 42.1 Å². The van der Waals surface area contributed by atoms with Gasteiger partial charge in [-0.3, -0.25) is 19.3 Å². The second-order valence-corrected chi connectivity index (χ2v) is 7.79. The zero-order valence-corrected chi connectivity index (χ0v) is 17.1. The molecule has 3 amide bonds. The smallest absolute Gasteiger partial charge is 0.261 e. The Kier molecular flexibility index (Phi) is 4.55. The third-order valence-corrected chi connectivity index (χ3v) is 5.84. The Balaban J connectivity index is 1.28. The van der Waals surface area contributed by atoms with Crippen molar-refractivity contribution < 1.29 is 14.4 Å². The van der Waals surface area contributed by atoms with E-state index in [9.17, 15) is 14.4 Å². The summed E-state index contributed by atoms with van der Waals surface area (Å²) in [5.74, 6) is -0.747. The van der Waals surface area contributed by atoms with Gasteiger partial charge in [-0.1, -0.05) is 30.3 Å². The Morgan fingerprint density at radius 3 is 2.29 bits per heavy atom. The van der Waals surface area contributed by atoms with Crippen LogP contribution in [0.1, 0.15) is 33.6 Å². The average molecular weight is 411 g/mol. The first-order chi connectivity index (χ1) is 15.0. The highest BCUT2D eigenvalue weighted by atomic mass is 16.2. The molecule has 4 aromatic rings. The number of nitrogens with zero attached hydrogens (tertiary/aromatic N) is 2. The van der Waals surface area contributed by atoms with Gasteiger partial charge in [0.05, 0.1) is 5.69 Å². The highest BCUT2D eigenvalue weighted by molar-refractivity contribution is 6.25. The molecular formula is C25H21N3O3. The predicted molar refractivity (Wildman–Crippen MR) is 120 cm³/mol. The highest BCUT2D eigenvalue weighted by Gasteiger charge is 2.32. The number of fused-ring (bicyclic) bond motifs is 1. The lowest BCUT2D eigenvalue weighted by Crippen LogP contribution is -2.41. The molecule has 0 saturated heterocycles. The highest BCUT2D eigenvalue weighted by Crippen LogP contribution is 2.30. The summed E-state index contributed by atoms with van der Waals surface area (Å²) in [6.07, 6.45) is 2.56. The minimum atomic E-state index is -0.302. The van der Waals surface area contributed by atoms with Crippen LogP contribution in [0.2, 0.25) is 0 Å². The molecule has 31 heavy (non-hydrogen) atoms. The summed E-state index contributed by atoms with van der Waals surface area (Å²) in [5.41, 5.74) is 2.87. The number of nitrogens with one attached hydrogen (secondary N) is 1. The molecule has 0 spiro atoms. The van der Waals surface area contributed by atoms with Crippen LogP contribution in [0, 0.1) is 0 Å². The Morgan fingerprint density at radius 1 is 0.903 bits per heavy atom. The third-order valence-electron chi connectivity index (χ3n) is 5.84. The molecule has 0 saturated carbocycles. The first-order valence-electron chi connectivity index (χ1n) is 10.3. The van der Waals surface area contributed by atoms with Crippen molar-refractivity contribution in [1.29, 1.82) is 0 Å². The summed E-state index contributed by atoms with van der Waals surface area (Å²) >= 11 is 0. The van der Waals surface area contributed by atoms with Gasteiger partial charge in [0.1, 0.15) is 0 Å². The van der Waals surface area contributed by atoms with Gasteiger partial charge in [0.15, 0.2) is 0 Å². The first-order valence-corrected chi connectivity index (χ1v) is 10.3. The van der Waals surface area contributed by atoms with Crippen LogP contribution in [0.4, 0.5) is 5.69 Å². The van der Waals surface area contributed by atoms with E-state index in [4.69, 9.17) is 0 Å². The number of aromatic nitrogens is 1. The van der Waals surface area contributed by atoms with Crippen LogP contribution in [0.25, 0.3) is 21.7 Å². The minimum Gasteiger partial charge on any atom is -0.350 e. The summed E-state index contributed by atoms with van der Waals surface area (Å²) in [4.78, 5) is 39.6. The number of hydrogen-bond acceptors (Lipinski definition) is 3. The molecule has 1 aliphatic heterocycles.